The Labute approximate surface area is 105 Å². The van der Waals surface area contributed by atoms with Gasteiger partial charge in [0.15, 0.2) is 5.78 Å². The van der Waals surface area contributed by atoms with Gasteiger partial charge in [-0.05, 0) is 12.0 Å². The van der Waals surface area contributed by atoms with Gasteiger partial charge in [-0.25, -0.2) is 0 Å². The topological polar surface area (TPSA) is 70.2 Å². The van der Waals surface area contributed by atoms with E-state index in [9.17, 15) is 9.59 Å². The Morgan fingerprint density at radius 3 is 2.72 bits per heavy atom. The van der Waals surface area contributed by atoms with Crippen molar-refractivity contribution < 1.29 is 14.7 Å². The summed E-state index contributed by atoms with van der Waals surface area (Å²) in [6, 6.07) is 7.58. The molecule has 0 radical (unpaired) electrons. The highest BCUT2D eigenvalue weighted by Crippen LogP contribution is 2.21. The summed E-state index contributed by atoms with van der Waals surface area (Å²) in [4.78, 5) is 25.7. The first-order chi connectivity index (χ1) is 8.58. The number of aromatic amines is 1. The van der Waals surface area contributed by atoms with Crippen LogP contribution in [-0.4, -0.2) is 21.8 Å². The first kappa shape index (κ1) is 12.4. The average Bonchev–Trinajstić information content (AvgIpc) is 2.71. The summed E-state index contributed by atoms with van der Waals surface area (Å²) >= 11 is 0. The van der Waals surface area contributed by atoms with Crippen LogP contribution in [0.4, 0.5) is 0 Å². The molecule has 1 aromatic heterocycles. The Morgan fingerprint density at radius 1 is 1.28 bits per heavy atom. The normalized spacial score (nSPS) is 12.5. The zero-order chi connectivity index (χ0) is 13.1. The Balaban J connectivity index is 2.16. The number of H-pyrrole nitrogens is 1. The minimum absolute atomic E-state index is 0.0128. The molecule has 0 aliphatic carbocycles. The molecule has 0 aliphatic rings. The first-order valence-electron chi connectivity index (χ1n) is 5.89. The van der Waals surface area contributed by atoms with E-state index >= 15 is 0 Å². The quantitative estimate of drug-likeness (QED) is 0.796. The van der Waals surface area contributed by atoms with Gasteiger partial charge in [-0.1, -0.05) is 25.1 Å². The van der Waals surface area contributed by atoms with Gasteiger partial charge in [-0.3, -0.25) is 9.59 Å². The molecule has 2 rings (SSSR count). The van der Waals surface area contributed by atoms with Crippen LogP contribution >= 0.6 is 0 Å². The smallest absolute Gasteiger partial charge is 0.303 e. The molecule has 1 unspecified atom stereocenters. The maximum absolute atomic E-state index is 12.1. The predicted octanol–water partition coefficient (Wildman–Crippen LogP) is 2.85. The number of hydrogen-bond donors (Lipinski definition) is 2. The van der Waals surface area contributed by atoms with Gasteiger partial charge in [0.05, 0.1) is 0 Å². The standard InChI is InChI=1S/C14H15NO3/c1-9(7-14(17)18)6-13(16)11-8-15-12-5-3-2-4-10(11)12/h2-5,8-9,15H,6-7H2,1H3,(H,17,18). The third-order valence-electron chi connectivity index (χ3n) is 2.95. The number of nitrogens with one attached hydrogen (secondary N) is 1. The number of Topliss-reactive ketones (excluding diaryl/α,β-unsaturated/α-hetero) is 1. The van der Waals surface area contributed by atoms with Gasteiger partial charge in [0.25, 0.3) is 0 Å². The van der Waals surface area contributed by atoms with E-state index in [-0.39, 0.29) is 24.5 Å². The molecular formula is C14H15NO3. The molecule has 0 saturated carbocycles. The number of carboxylic acid groups (broad SMARTS) is 1. The molecule has 94 valence electrons. The first-order valence-corrected chi connectivity index (χ1v) is 5.89. The summed E-state index contributed by atoms with van der Waals surface area (Å²) in [5.41, 5.74) is 1.56. The third-order valence-corrected chi connectivity index (χ3v) is 2.95. The summed E-state index contributed by atoms with van der Waals surface area (Å²) in [6.07, 6.45) is 1.97. The number of hydrogen-bond acceptors (Lipinski definition) is 2. The van der Waals surface area contributed by atoms with Gasteiger partial charge >= 0.3 is 5.97 Å². The number of benzene rings is 1. The van der Waals surface area contributed by atoms with Crippen molar-refractivity contribution >= 4 is 22.7 Å². The van der Waals surface area contributed by atoms with Crippen LogP contribution in [0.15, 0.2) is 30.5 Å². The number of aromatic nitrogens is 1. The van der Waals surface area contributed by atoms with Gasteiger partial charge in [0, 0.05) is 35.5 Å². The molecule has 1 heterocycles. The van der Waals surface area contributed by atoms with Crippen molar-refractivity contribution in [2.45, 2.75) is 19.8 Å². The number of carboxylic acids is 1. The predicted molar refractivity (Wildman–Crippen MR) is 68.7 cm³/mol. The second-order valence-electron chi connectivity index (χ2n) is 4.58. The van der Waals surface area contributed by atoms with Crippen LogP contribution in [0.25, 0.3) is 10.9 Å². The Morgan fingerprint density at radius 2 is 2.00 bits per heavy atom. The highest BCUT2D eigenvalue weighted by molar-refractivity contribution is 6.07. The lowest BCUT2D eigenvalue weighted by molar-refractivity contribution is -0.137. The number of aliphatic carboxylic acids is 1. The van der Waals surface area contributed by atoms with E-state index in [0.717, 1.165) is 10.9 Å². The van der Waals surface area contributed by atoms with Crippen molar-refractivity contribution in [2.75, 3.05) is 0 Å². The highest BCUT2D eigenvalue weighted by Gasteiger charge is 2.16. The Hall–Kier alpha value is -2.10. The Bertz CT molecular complexity index is 585. The Kier molecular flexibility index (Phi) is 3.46. The van der Waals surface area contributed by atoms with Crippen LogP contribution in [0.3, 0.4) is 0 Å². The van der Waals surface area contributed by atoms with Crippen LogP contribution in [0.5, 0.6) is 0 Å². The van der Waals surface area contributed by atoms with Crippen LogP contribution in [-0.2, 0) is 4.79 Å². The molecule has 4 heteroatoms. The van der Waals surface area contributed by atoms with Crippen LogP contribution in [0.2, 0.25) is 0 Å². The molecule has 0 amide bonds. The lowest BCUT2D eigenvalue weighted by Crippen LogP contribution is -2.10. The van der Waals surface area contributed by atoms with E-state index < -0.39 is 5.97 Å². The van der Waals surface area contributed by atoms with E-state index in [0.29, 0.717) is 5.56 Å². The molecule has 1 aromatic carbocycles. The molecule has 0 aliphatic heterocycles. The summed E-state index contributed by atoms with van der Waals surface area (Å²) in [7, 11) is 0. The monoisotopic (exact) mass is 245 g/mol. The van der Waals surface area contributed by atoms with Crippen molar-refractivity contribution in [3.05, 3.63) is 36.0 Å². The molecule has 18 heavy (non-hydrogen) atoms. The molecule has 0 spiro atoms. The van der Waals surface area contributed by atoms with Crippen LogP contribution < -0.4 is 0 Å². The van der Waals surface area contributed by atoms with Crippen molar-refractivity contribution in [1.29, 1.82) is 0 Å². The minimum atomic E-state index is -0.866. The van der Waals surface area contributed by atoms with E-state index in [4.69, 9.17) is 5.11 Å². The molecule has 1 atom stereocenters. The molecule has 0 fully saturated rings. The fraction of sp³-hybridized carbons (Fsp3) is 0.286. The molecule has 4 nitrogen and oxygen atoms in total. The number of fused-ring (bicyclic) bond motifs is 1. The van der Waals surface area contributed by atoms with Gasteiger partial charge in [0.2, 0.25) is 0 Å². The van der Waals surface area contributed by atoms with E-state index in [1.165, 1.54) is 0 Å². The zero-order valence-corrected chi connectivity index (χ0v) is 10.1. The van der Waals surface area contributed by atoms with Crippen LogP contribution in [0.1, 0.15) is 30.1 Å². The molecule has 0 saturated heterocycles. The zero-order valence-electron chi connectivity index (χ0n) is 10.1. The van der Waals surface area contributed by atoms with E-state index in [1.54, 1.807) is 13.1 Å². The molecule has 2 aromatic rings. The third kappa shape index (κ3) is 2.59. The number of rotatable bonds is 5. The highest BCUT2D eigenvalue weighted by atomic mass is 16.4. The maximum Gasteiger partial charge on any atom is 0.303 e. The number of carbonyl (C=O) groups excluding carboxylic acids is 1. The molecule has 0 bridgehead atoms. The summed E-state index contributed by atoms with van der Waals surface area (Å²) in [6.45, 7) is 1.78. The average molecular weight is 245 g/mol. The molecular weight excluding hydrogens is 230 g/mol. The van der Waals surface area contributed by atoms with Crippen molar-refractivity contribution in [3.8, 4) is 0 Å². The van der Waals surface area contributed by atoms with E-state index in [2.05, 4.69) is 4.98 Å². The van der Waals surface area contributed by atoms with Gasteiger partial charge in [0.1, 0.15) is 0 Å². The largest absolute Gasteiger partial charge is 0.481 e. The SMILES string of the molecule is CC(CC(=O)O)CC(=O)c1c[nH]c2ccccc12. The van der Waals surface area contributed by atoms with Crippen molar-refractivity contribution in [1.82, 2.24) is 4.98 Å². The number of para-hydroxylation sites is 1. The lowest BCUT2D eigenvalue weighted by Gasteiger charge is -2.06. The van der Waals surface area contributed by atoms with Crippen molar-refractivity contribution in [3.63, 3.8) is 0 Å². The second kappa shape index (κ2) is 5.04. The van der Waals surface area contributed by atoms with Crippen LogP contribution in [0, 0.1) is 5.92 Å². The van der Waals surface area contributed by atoms with Crippen molar-refractivity contribution in [2.24, 2.45) is 5.92 Å². The maximum atomic E-state index is 12.1. The van der Waals surface area contributed by atoms with Gasteiger partial charge < -0.3 is 10.1 Å². The van der Waals surface area contributed by atoms with Gasteiger partial charge in [-0.15, -0.1) is 0 Å². The van der Waals surface area contributed by atoms with Gasteiger partial charge in [-0.2, -0.15) is 0 Å². The second-order valence-corrected chi connectivity index (χ2v) is 4.58. The summed E-state index contributed by atoms with van der Waals surface area (Å²) in [5.74, 6) is -1.03. The molecule has 2 N–H and O–H groups in total. The summed E-state index contributed by atoms with van der Waals surface area (Å²) in [5, 5.41) is 9.58. The lowest BCUT2D eigenvalue weighted by atomic mass is 9.97. The fourth-order valence-electron chi connectivity index (χ4n) is 2.10. The minimum Gasteiger partial charge on any atom is -0.481 e. The number of carbonyl (C=O) groups is 2. The summed E-state index contributed by atoms with van der Waals surface area (Å²) < 4.78 is 0. The fourth-order valence-corrected chi connectivity index (χ4v) is 2.10. The van der Waals surface area contributed by atoms with E-state index in [1.807, 2.05) is 24.3 Å². The number of ketones is 1.